The second-order valence-corrected chi connectivity index (χ2v) is 6.50. The molecular weight excluding hydrogens is 305 g/mol. The summed E-state index contributed by atoms with van der Waals surface area (Å²) in [6.45, 7) is 5.56. The molecule has 2 heterocycles. The van der Waals surface area contributed by atoms with Crippen molar-refractivity contribution in [3.05, 3.63) is 29.0 Å². The van der Waals surface area contributed by atoms with Gasteiger partial charge in [-0.25, -0.2) is 4.98 Å². The van der Waals surface area contributed by atoms with Gasteiger partial charge in [0, 0.05) is 12.6 Å². The van der Waals surface area contributed by atoms with Gasteiger partial charge >= 0.3 is 0 Å². The quantitative estimate of drug-likeness (QED) is 0.781. The van der Waals surface area contributed by atoms with Gasteiger partial charge in [-0.05, 0) is 45.0 Å². The Labute approximate surface area is 135 Å². The monoisotopic (exact) mass is 325 g/mol. The van der Waals surface area contributed by atoms with Crippen LogP contribution in [0.15, 0.2) is 18.2 Å². The lowest BCUT2D eigenvalue weighted by atomic mass is 10.1. The number of imidazole rings is 1. The topological polar surface area (TPSA) is 21.1 Å². The summed E-state index contributed by atoms with van der Waals surface area (Å²) in [5, 5.41) is 0.752. The standard InChI is InChI=1S/C16H21Cl2N3/c1-12(20-8-3-2-4-9-20)11-21-15(10-17)19-14-7-5-6-13(18)16(14)21/h5-7,12H,2-4,8-11H2,1H3. The fraction of sp³-hybridized carbons (Fsp3) is 0.562. The highest BCUT2D eigenvalue weighted by molar-refractivity contribution is 6.35. The van der Waals surface area contributed by atoms with E-state index in [1.165, 1.54) is 32.4 Å². The van der Waals surface area contributed by atoms with Crippen molar-refractivity contribution < 1.29 is 0 Å². The van der Waals surface area contributed by atoms with Gasteiger partial charge in [0.2, 0.25) is 0 Å². The minimum Gasteiger partial charge on any atom is -0.324 e. The molecule has 0 radical (unpaired) electrons. The second kappa shape index (κ2) is 6.55. The van der Waals surface area contributed by atoms with E-state index in [9.17, 15) is 0 Å². The van der Waals surface area contributed by atoms with Crippen molar-refractivity contribution in [1.29, 1.82) is 0 Å². The number of alkyl halides is 1. The van der Waals surface area contributed by atoms with Crippen LogP contribution in [0.1, 0.15) is 32.0 Å². The van der Waals surface area contributed by atoms with E-state index in [4.69, 9.17) is 23.2 Å². The molecule has 3 rings (SSSR count). The molecule has 0 N–H and O–H groups in total. The van der Waals surface area contributed by atoms with E-state index >= 15 is 0 Å². The molecule has 0 bridgehead atoms. The largest absolute Gasteiger partial charge is 0.324 e. The van der Waals surface area contributed by atoms with E-state index in [2.05, 4.69) is 21.4 Å². The molecule has 0 saturated carbocycles. The van der Waals surface area contributed by atoms with E-state index in [1.807, 2.05) is 18.2 Å². The molecule has 1 atom stereocenters. The van der Waals surface area contributed by atoms with E-state index in [0.29, 0.717) is 11.9 Å². The molecule has 5 heteroatoms. The first-order chi connectivity index (χ1) is 10.2. The van der Waals surface area contributed by atoms with Crippen molar-refractivity contribution in [3.63, 3.8) is 0 Å². The molecule has 114 valence electrons. The maximum Gasteiger partial charge on any atom is 0.124 e. The maximum atomic E-state index is 6.38. The van der Waals surface area contributed by atoms with E-state index in [0.717, 1.165) is 28.4 Å². The molecule has 0 spiro atoms. The third-order valence-electron chi connectivity index (χ3n) is 4.38. The molecule has 1 aromatic heterocycles. The Hall–Kier alpha value is -0.770. The Morgan fingerprint density at radius 3 is 2.71 bits per heavy atom. The van der Waals surface area contributed by atoms with Gasteiger partial charge in [-0.3, -0.25) is 4.90 Å². The van der Waals surface area contributed by atoms with Crippen LogP contribution in [0, 0.1) is 0 Å². The zero-order chi connectivity index (χ0) is 14.8. The molecule has 1 aliphatic rings. The highest BCUT2D eigenvalue weighted by Gasteiger charge is 2.20. The van der Waals surface area contributed by atoms with Crippen LogP contribution in [0.3, 0.4) is 0 Å². The molecule has 0 aliphatic carbocycles. The van der Waals surface area contributed by atoms with Crippen molar-refractivity contribution in [2.75, 3.05) is 13.1 Å². The van der Waals surface area contributed by atoms with Crippen LogP contribution in [0.5, 0.6) is 0 Å². The lowest BCUT2D eigenvalue weighted by Crippen LogP contribution is -2.40. The summed E-state index contributed by atoms with van der Waals surface area (Å²) in [4.78, 5) is 7.18. The molecule has 1 saturated heterocycles. The summed E-state index contributed by atoms with van der Waals surface area (Å²) < 4.78 is 2.20. The summed E-state index contributed by atoms with van der Waals surface area (Å²) in [5.74, 6) is 1.32. The number of hydrogen-bond acceptors (Lipinski definition) is 2. The number of benzene rings is 1. The molecular formula is C16H21Cl2N3. The molecule has 1 aromatic carbocycles. The molecule has 2 aromatic rings. The van der Waals surface area contributed by atoms with Gasteiger partial charge in [0.05, 0.1) is 21.9 Å². The number of rotatable bonds is 4. The minimum atomic E-state index is 0.414. The van der Waals surface area contributed by atoms with Crippen molar-refractivity contribution in [1.82, 2.24) is 14.5 Å². The highest BCUT2D eigenvalue weighted by atomic mass is 35.5. The fourth-order valence-electron chi connectivity index (χ4n) is 3.23. The summed E-state index contributed by atoms with van der Waals surface area (Å²) in [6, 6.07) is 6.33. The van der Waals surface area contributed by atoms with Gasteiger partial charge in [0.15, 0.2) is 0 Å². The Balaban J connectivity index is 1.91. The zero-order valence-corrected chi connectivity index (χ0v) is 13.9. The average Bonchev–Trinajstić information content (AvgIpc) is 2.87. The third-order valence-corrected chi connectivity index (χ3v) is 4.92. The van der Waals surface area contributed by atoms with E-state index in [1.54, 1.807) is 0 Å². The van der Waals surface area contributed by atoms with Crippen molar-refractivity contribution >= 4 is 34.2 Å². The third kappa shape index (κ3) is 3.05. The SMILES string of the molecule is CC(Cn1c(CCl)nc2cccc(Cl)c21)N1CCCCC1. The first-order valence-corrected chi connectivity index (χ1v) is 8.55. The number of likely N-dealkylation sites (tertiary alicyclic amines) is 1. The maximum absolute atomic E-state index is 6.38. The van der Waals surface area contributed by atoms with Crippen LogP contribution in [0.2, 0.25) is 5.02 Å². The molecule has 3 nitrogen and oxygen atoms in total. The zero-order valence-electron chi connectivity index (χ0n) is 12.4. The lowest BCUT2D eigenvalue weighted by molar-refractivity contribution is 0.160. The number of hydrogen-bond donors (Lipinski definition) is 0. The first kappa shape index (κ1) is 15.1. The van der Waals surface area contributed by atoms with Crippen LogP contribution in [-0.2, 0) is 12.4 Å². The van der Waals surface area contributed by atoms with E-state index < -0.39 is 0 Å². The number of halogens is 2. The smallest absolute Gasteiger partial charge is 0.124 e. The van der Waals surface area contributed by atoms with Crippen molar-refractivity contribution in [3.8, 4) is 0 Å². The number of para-hydroxylation sites is 1. The number of piperidine rings is 1. The second-order valence-electron chi connectivity index (χ2n) is 5.83. The number of fused-ring (bicyclic) bond motifs is 1. The Kier molecular flexibility index (Phi) is 4.72. The average molecular weight is 326 g/mol. The fourth-order valence-corrected chi connectivity index (χ4v) is 3.70. The molecule has 1 aliphatic heterocycles. The predicted octanol–water partition coefficient (Wildman–Crippen LogP) is 4.30. The number of nitrogens with zero attached hydrogens (tertiary/aromatic N) is 3. The van der Waals surface area contributed by atoms with Crippen molar-refractivity contribution in [2.45, 2.75) is 44.7 Å². The van der Waals surface area contributed by atoms with Crippen molar-refractivity contribution in [2.24, 2.45) is 0 Å². The molecule has 0 amide bonds. The first-order valence-electron chi connectivity index (χ1n) is 7.64. The number of aromatic nitrogens is 2. The molecule has 1 unspecified atom stereocenters. The lowest BCUT2D eigenvalue weighted by Gasteiger charge is -2.33. The van der Waals surface area contributed by atoms with Gasteiger partial charge in [-0.15, -0.1) is 11.6 Å². The summed E-state index contributed by atoms with van der Waals surface area (Å²) in [6.07, 6.45) is 3.96. The van der Waals surface area contributed by atoms with Gasteiger partial charge in [-0.2, -0.15) is 0 Å². The van der Waals surface area contributed by atoms with Gasteiger partial charge < -0.3 is 4.57 Å². The molecule has 21 heavy (non-hydrogen) atoms. The Morgan fingerprint density at radius 2 is 2.00 bits per heavy atom. The van der Waals surface area contributed by atoms with Gasteiger partial charge in [0.1, 0.15) is 5.82 Å². The van der Waals surface area contributed by atoms with Crippen LogP contribution < -0.4 is 0 Å². The van der Waals surface area contributed by atoms with Crippen LogP contribution in [0.4, 0.5) is 0 Å². The molecule has 1 fully saturated rings. The predicted molar refractivity (Wildman–Crippen MR) is 89.2 cm³/mol. The normalized spacial score (nSPS) is 18.2. The van der Waals surface area contributed by atoms with Crippen LogP contribution in [0.25, 0.3) is 11.0 Å². The highest BCUT2D eigenvalue weighted by Crippen LogP contribution is 2.26. The summed E-state index contributed by atoms with van der Waals surface area (Å²) in [7, 11) is 0. The summed E-state index contributed by atoms with van der Waals surface area (Å²) >= 11 is 12.5. The van der Waals surface area contributed by atoms with Gasteiger partial charge in [-0.1, -0.05) is 24.1 Å². The van der Waals surface area contributed by atoms with E-state index in [-0.39, 0.29) is 0 Å². The van der Waals surface area contributed by atoms with Crippen LogP contribution in [-0.4, -0.2) is 33.6 Å². The minimum absolute atomic E-state index is 0.414. The van der Waals surface area contributed by atoms with Crippen LogP contribution >= 0.6 is 23.2 Å². The Bertz CT molecular complexity index is 617. The Morgan fingerprint density at radius 1 is 1.24 bits per heavy atom. The van der Waals surface area contributed by atoms with Gasteiger partial charge in [0.25, 0.3) is 0 Å². The summed E-state index contributed by atoms with van der Waals surface area (Å²) in [5.41, 5.74) is 1.95.